The van der Waals surface area contributed by atoms with Crippen LogP contribution in [-0.4, -0.2) is 11.1 Å². The summed E-state index contributed by atoms with van der Waals surface area (Å²) in [4.78, 5) is 10.7. The molecule has 1 heterocycles. The van der Waals surface area contributed by atoms with E-state index in [0.29, 0.717) is 11.3 Å². The second-order valence-corrected chi connectivity index (χ2v) is 3.23. The smallest absolute Gasteiger partial charge is 0.308 e. The Labute approximate surface area is 86.8 Å². The summed E-state index contributed by atoms with van der Waals surface area (Å²) < 4.78 is 10.1. The molecule has 0 amide bonds. The van der Waals surface area contributed by atoms with Gasteiger partial charge in [0, 0.05) is 18.4 Å². The molecule has 0 saturated heterocycles. The van der Waals surface area contributed by atoms with Crippen LogP contribution < -0.4 is 4.74 Å². The van der Waals surface area contributed by atoms with Gasteiger partial charge in [0.05, 0.1) is 5.69 Å². The van der Waals surface area contributed by atoms with Crippen molar-refractivity contribution in [2.24, 2.45) is 0 Å². The molecule has 0 bridgehead atoms. The summed E-state index contributed by atoms with van der Waals surface area (Å²) in [5.41, 5.74) is 1.56. The van der Waals surface area contributed by atoms with Gasteiger partial charge in [-0.1, -0.05) is 12.1 Å². The van der Waals surface area contributed by atoms with Crippen molar-refractivity contribution in [2.45, 2.75) is 20.3 Å². The average molecular weight is 205 g/mol. The summed E-state index contributed by atoms with van der Waals surface area (Å²) in [7, 11) is 0. The lowest BCUT2D eigenvalue weighted by Gasteiger charge is -1.99. The molecule has 2 rings (SSSR count). The van der Waals surface area contributed by atoms with Gasteiger partial charge in [-0.05, 0) is 18.6 Å². The Bertz CT molecular complexity index is 502. The largest absolute Gasteiger partial charge is 0.427 e. The zero-order chi connectivity index (χ0) is 10.8. The van der Waals surface area contributed by atoms with E-state index in [2.05, 4.69) is 5.16 Å². The third-order valence-electron chi connectivity index (χ3n) is 2.11. The first kappa shape index (κ1) is 9.71. The van der Waals surface area contributed by atoms with Crippen molar-refractivity contribution in [1.29, 1.82) is 0 Å². The number of aryl methyl sites for hydroxylation is 1. The minimum atomic E-state index is -0.343. The molecule has 4 nitrogen and oxygen atoms in total. The maximum absolute atomic E-state index is 10.7. The number of hydrogen-bond acceptors (Lipinski definition) is 4. The maximum atomic E-state index is 10.7. The van der Waals surface area contributed by atoms with E-state index in [1.165, 1.54) is 6.92 Å². The van der Waals surface area contributed by atoms with Crippen LogP contribution in [0.4, 0.5) is 0 Å². The highest BCUT2D eigenvalue weighted by atomic mass is 16.5. The van der Waals surface area contributed by atoms with Crippen LogP contribution in [-0.2, 0) is 11.2 Å². The Hall–Kier alpha value is -1.84. The molecule has 1 aromatic carbocycles. The molecule has 0 aliphatic heterocycles. The Kier molecular flexibility index (Phi) is 2.41. The number of ether oxygens (including phenoxy) is 1. The fourth-order valence-electron chi connectivity index (χ4n) is 1.45. The number of fused-ring (bicyclic) bond motifs is 1. The van der Waals surface area contributed by atoms with Gasteiger partial charge in [0.15, 0.2) is 5.58 Å². The molecule has 78 valence electrons. The fraction of sp³-hybridized carbons (Fsp3) is 0.273. The van der Waals surface area contributed by atoms with Gasteiger partial charge in [0.2, 0.25) is 0 Å². The van der Waals surface area contributed by atoms with Crippen LogP contribution in [0.5, 0.6) is 5.75 Å². The second kappa shape index (κ2) is 3.73. The number of nitrogens with zero attached hydrogens (tertiary/aromatic N) is 1. The molecule has 0 fully saturated rings. The molecule has 0 aliphatic rings. The van der Waals surface area contributed by atoms with Gasteiger partial charge in [-0.3, -0.25) is 4.79 Å². The lowest BCUT2D eigenvalue weighted by Crippen LogP contribution is -2.00. The first-order chi connectivity index (χ1) is 7.20. The SMILES string of the molecule is CCc1noc2cc(OC(C)=O)ccc12. The van der Waals surface area contributed by atoms with Crippen LogP contribution in [0.25, 0.3) is 11.0 Å². The molecule has 0 atom stereocenters. The Morgan fingerprint density at radius 3 is 3.00 bits per heavy atom. The number of esters is 1. The molecule has 0 spiro atoms. The van der Waals surface area contributed by atoms with Crippen molar-refractivity contribution < 1.29 is 14.1 Å². The Morgan fingerprint density at radius 1 is 1.53 bits per heavy atom. The van der Waals surface area contributed by atoms with Gasteiger partial charge >= 0.3 is 5.97 Å². The van der Waals surface area contributed by atoms with Crippen molar-refractivity contribution in [3.8, 4) is 5.75 Å². The van der Waals surface area contributed by atoms with E-state index in [1.807, 2.05) is 13.0 Å². The van der Waals surface area contributed by atoms with E-state index < -0.39 is 0 Å². The lowest BCUT2D eigenvalue weighted by atomic mass is 10.2. The van der Waals surface area contributed by atoms with Crippen LogP contribution in [0.15, 0.2) is 22.7 Å². The molecule has 2 aromatic rings. The van der Waals surface area contributed by atoms with Gasteiger partial charge in [0.1, 0.15) is 5.75 Å². The molecule has 0 radical (unpaired) electrons. The summed E-state index contributed by atoms with van der Waals surface area (Å²) >= 11 is 0. The highest BCUT2D eigenvalue weighted by Gasteiger charge is 2.08. The quantitative estimate of drug-likeness (QED) is 0.557. The number of carbonyl (C=O) groups is 1. The Balaban J connectivity index is 2.44. The molecule has 1 aromatic heterocycles. The number of hydrogen-bond donors (Lipinski definition) is 0. The minimum absolute atomic E-state index is 0.343. The summed E-state index contributed by atoms with van der Waals surface area (Å²) in [5.74, 6) is 0.137. The maximum Gasteiger partial charge on any atom is 0.308 e. The van der Waals surface area contributed by atoms with Gasteiger partial charge in [-0.2, -0.15) is 0 Å². The van der Waals surface area contributed by atoms with E-state index in [1.54, 1.807) is 12.1 Å². The van der Waals surface area contributed by atoms with Crippen molar-refractivity contribution in [3.05, 3.63) is 23.9 Å². The van der Waals surface area contributed by atoms with Gasteiger partial charge < -0.3 is 9.26 Å². The fourth-order valence-corrected chi connectivity index (χ4v) is 1.45. The zero-order valence-electron chi connectivity index (χ0n) is 8.61. The summed E-state index contributed by atoms with van der Waals surface area (Å²) in [6.45, 7) is 3.37. The number of aromatic nitrogens is 1. The van der Waals surface area contributed by atoms with E-state index in [9.17, 15) is 4.79 Å². The van der Waals surface area contributed by atoms with Crippen molar-refractivity contribution in [1.82, 2.24) is 5.16 Å². The van der Waals surface area contributed by atoms with Gasteiger partial charge in [-0.25, -0.2) is 0 Å². The summed E-state index contributed by atoms with van der Waals surface area (Å²) in [6, 6.07) is 5.26. The normalized spacial score (nSPS) is 10.5. The van der Waals surface area contributed by atoms with Crippen LogP contribution in [0, 0.1) is 0 Å². The highest BCUT2D eigenvalue weighted by molar-refractivity contribution is 5.81. The third kappa shape index (κ3) is 1.83. The number of carbonyl (C=O) groups excluding carboxylic acids is 1. The first-order valence-corrected chi connectivity index (χ1v) is 4.77. The van der Waals surface area contributed by atoms with E-state index in [4.69, 9.17) is 9.26 Å². The molecular formula is C11H11NO3. The Morgan fingerprint density at radius 2 is 2.33 bits per heavy atom. The molecule has 15 heavy (non-hydrogen) atoms. The third-order valence-corrected chi connectivity index (χ3v) is 2.11. The number of rotatable bonds is 2. The minimum Gasteiger partial charge on any atom is -0.427 e. The van der Waals surface area contributed by atoms with Gasteiger partial charge in [-0.15, -0.1) is 0 Å². The predicted octanol–water partition coefficient (Wildman–Crippen LogP) is 2.32. The first-order valence-electron chi connectivity index (χ1n) is 4.77. The van der Waals surface area contributed by atoms with Crippen molar-refractivity contribution >= 4 is 16.9 Å². The van der Waals surface area contributed by atoms with E-state index in [-0.39, 0.29) is 5.97 Å². The molecule has 0 aliphatic carbocycles. The van der Waals surface area contributed by atoms with Crippen molar-refractivity contribution in [3.63, 3.8) is 0 Å². The van der Waals surface area contributed by atoms with E-state index >= 15 is 0 Å². The second-order valence-electron chi connectivity index (χ2n) is 3.23. The van der Waals surface area contributed by atoms with Gasteiger partial charge in [0.25, 0.3) is 0 Å². The van der Waals surface area contributed by atoms with Crippen LogP contribution in [0.2, 0.25) is 0 Å². The zero-order valence-corrected chi connectivity index (χ0v) is 8.61. The summed E-state index contributed by atoms with van der Waals surface area (Å²) in [5, 5.41) is 4.88. The molecule has 4 heteroatoms. The lowest BCUT2D eigenvalue weighted by molar-refractivity contribution is -0.131. The molecular weight excluding hydrogens is 194 g/mol. The average Bonchev–Trinajstić information content (AvgIpc) is 2.58. The number of benzene rings is 1. The van der Waals surface area contributed by atoms with Crippen molar-refractivity contribution in [2.75, 3.05) is 0 Å². The predicted molar refractivity (Wildman–Crippen MR) is 54.7 cm³/mol. The molecule has 0 N–H and O–H groups in total. The van der Waals surface area contributed by atoms with Crippen LogP contribution >= 0.6 is 0 Å². The van der Waals surface area contributed by atoms with E-state index in [0.717, 1.165) is 17.5 Å². The van der Waals surface area contributed by atoms with Crippen LogP contribution in [0.3, 0.4) is 0 Å². The monoisotopic (exact) mass is 205 g/mol. The summed E-state index contributed by atoms with van der Waals surface area (Å²) in [6.07, 6.45) is 0.819. The molecule has 0 unspecified atom stereocenters. The topological polar surface area (TPSA) is 52.3 Å². The van der Waals surface area contributed by atoms with Crippen LogP contribution in [0.1, 0.15) is 19.5 Å². The molecule has 0 saturated carbocycles. The highest BCUT2D eigenvalue weighted by Crippen LogP contribution is 2.23. The standard InChI is InChI=1S/C11H11NO3/c1-3-10-9-5-4-8(14-7(2)13)6-11(9)15-12-10/h4-6H,3H2,1-2H3.